The van der Waals surface area contributed by atoms with Gasteiger partial charge in [-0.1, -0.05) is 12.1 Å². The normalized spacial score (nSPS) is 11.8. The second kappa shape index (κ2) is 4.49. The summed E-state index contributed by atoms with van der Waals surface area (Å²) in [6.07, 6.45) is -1.87. The van der Waals surface area contributed by atoms with Crippen LogP contribution in [-0.4, -0.2) is 4.98 Å². The lowest BCUT2D eigenvalue weighted by Gasteiger charge is -2.06. The summed E-state index contributed by atoms with van der Waals surface area (Å²) >= 11 is 1.56. The lowest BCUT2D eigenvalue weighted by atomic mass is 10.1. The molecule has 0 N–H and O–H groups in total. The van der Waals surface area contributed by atoms with E-state index in [0.717, 1.165) is 27.6 Å². The molecule has 1 aromatic carbocycles. The van der Waals surface area contributed by atoms with Gasteiger partial charge in [-0.15, -0.1) is 11.3 Å². The van der Waals surface area contributed by atoms with Crippen molar-refractivity contribution in [2.45, 2.75) is 19.5 Å². The number of hydrogen-bond acceptors (Lipinski definition) is 2. The molecule has 0 saturated heterocycles. The molecule has 0 aliphatic heterocycles. The molecule has 2 aromatic rings. The summed E-state index contributed by atoms with van der Waals surface area (Å²) in [5.74, 6) is 0. The zero-order valence-electron chi connectivity index (χ0n) is 9.08. The van der Waals surface area contributed by atoms with E-state index in [-0.39, 0.29) is 0 Å². The van der Waals surface area contributed by atoms with E-state index in [0.29, 0.717) is 6.42 Å². The Morgan fingerprint density at radius 1 is 1.18 bits per heavy atom. The van der Waals surface area contributed by atoms with E-state index in [1.807, 2.05) is 6.92 Å². The second-order valence-corrected chi connectivity index (χ2v) is 5.04. The van der Waals surface area contributed by atoms with Gasteiger partial charge >= 0.3 is 6.18 Å². The van der Waals surface area contributed by atoms with E-state index in [2.05, 4.69) is 4.98 Å². The van der Waals surface area contributed by atoms with Gasteiger partial charge in [-0.25, -0.2) is 4.98 Å². The Labute approximate surface area is 101 Å². The molecule has 0 radical (unpaired) electrons. The highest BCUT2D eigenvalue weighted by molar-refractivity contribution is 7.11. The molecule has 0 amide bonds. The van der Waals surface area contributed by atoms with Crippen molar-refractivity contribution in [2.75, 3.05) is 0 Å². The molecule has 0 unspecified atom stereocenters. The molecule has 1 heterocycles. The SMILES string of the molecule is Cc1ncc(Cc2ccc(C(F)(F)F)cc2)s1. The fourth-order valence-electron chi connectivity index (χ4n) is 1.50. The number of rotatable bonds is 2. The van der Waals surface area contributed by atoms with Gasteiger partial charge in [0.15, 0.2) is 0 Å². The Kier molecular flexibility index (Phi) is 3.19. The van der Waals surface area contributed by atoms with Crippen LogP contribution in [-0.2, 0) is 12.6 Å². The molecule has 1 aromatic heterocycles. The van der Waals surface area contributed by atoms with Crippen LogP contribution in [0.25, 0.3) is 0 Å². The molecular formula is C12H10F3NS. The molecule has 5 heteroatoms. The predicted molar refractivity (Wildman–Crippen MR) is 61.1 cm³/mol. The first-order valence-corrected chi connectivity index (χ1v) is 5.84. The number of nitrogens with zero attached hydrogens (tertiary/aromatic N) is 1. The Hall–Kier alpha value is -1.36. The van der Waals surface area contributed by atoms with E-state index in [1.54, 1.807) is 17.5 Å². The molecule has 0 aliphatic rings. The fourth-order valence-corrected chi connectivity index (χ4v) is 2.33. The van der Waals surface area contributed by atoms with Crippen LogP contribution >= 0.6 is 11.3 Å². The number of alkyl halides is 3. The quantitative estimate of drug-likeness (QED) is 0.790. The van der Waals surface area contributed by atoms with Gasteiger partial charge in [0.2, 0.25) is 0 Å². The fraction of sp³-hybridized carbons (Fsp3) is 0.250. The molecule has 0 fully saturated rings. The van der Waals surface area contributed by atoms with Crippen LogP contribution < -0.4 is 0 Å². The maximum atomic E-state index is 12.3. The average Bonchev–Trinajstić information content (AvgIpc) is 2.63. The van der Waals surface area contributed by atoms with Crippen LogP contribution in [0.5, 0.6) is 0 Å². The van der Waals surface area contributed by atoms with E-state index >= 15 is 0 Å². The zero-order valence-corrected chi connectivity index (χ0v) is 9.90. The molecule has 0 bridgehead atoms. The molecule has 0 atom stereocenters. The van der Waals surface area contributed by atoms with Gasteiger partial charge < -0.3 is 0 Å². The monoisotopic (exact) mass is 257 g/mol. The Morgan fingerprint density at radius 3 is 2.29 bits per heavy atom. The lowest BCUT2D eigenvalue weighted by Crippen LogP contribution is -2.04. The minimum absolute atomic E-state index is 0.610. The maximum Gasteiger partial charge on any atom is 0.416 e. The summed E-state index contributed by atoms with van der Waals surface area (Å²) in [5, 5.41) is 0.965. The standard InChI is InChI=1S/C12H10F3NS/c1-8-16-7-11(17-8)6-9-2-4-10(5-3-9)12(13,14)15/h2-5,7H,6H2,1H3. The summed E-state index contributed by atoms with van der Waals surface area (Å²) in [7, 11) is 0. The lowest BCUT2D eigenvalue weighted by molar-refractivity contribution is -0.137. The number of halogens is 3. The van der Waals surface area contributed by atoms with Crippen molar-refractivity contribution >= 4 is 11.3 Å². The van der Waals surface area contributed by atoms with Crippen molar-refractivity contribution < 1.29 is 13.2 Å². The van der Waals surface area contributed by atoms with Crippen molar-refractivity contribution in [1.29, 1.82) is 0 Å². The molecule has 0 aliphatic carbocycles. The highest BCUT2D eigenvalue weighted by Crippen LogP contribution is 2.29. The van der Waals surface area contributed by atoms with Crippen LogP contribution in [0.3, 0.4) is 0 Å². The van der Waals surface area contributed by atoms with E-state index in [4.69, 9.17) is 0 Å². The Bertz CT molecular complexity index is 499. The summed E-state index contributed by atoms with van der Waals surface area (Å²) in [6.45, 7) is 1.90. The molecular weight excluding hydrogens is 247 g/mol. The van der Waals surface area contributed by atoms with E-state index in [9.17, 15) is 13.2 Å². The van der Waals surface area contributed by atoms with Crippen molar-refractivity contribution in [3.63, 3.8) is 0 Å². The van der Waals surface area contributed by atoms with Crippen molar-refractivity contribution in [3.8, 4) is 0 Å². The number of aryl methyl sites for hydroxylation is 1. The number of benzene rings is 1. The average molecular weight is 257 g/mol. The second-order valence-electron chi connectivity index (χ2n) is 3.72. The highest BCUT2D eigenvalue weighted by Gasteiger charge is 2.29. The third kappa shape index (κ3) is 3.06. The van der Waals surface area contributed by atoms with Crippen LogP contribution in [0.4, 0.5) is 13.2 Å². The van der Waals surface area contributed by atoms with Crippen molar-refractivity contribution in [2.24, 2.45) is 0 Å². The molecule has 0 spiro atoms. The summed E-state index contributed by atoms with van der Waals surface area (Å²) in [5.41, 5.74) is 0.253. The first kappa shape index (κ1) is 12.1. The minimum Gasteiger partial charge on any atom is -0.250 e. The maximum absolute atomic E-state index is 12.3. The zero-order chi connectivity index (χ0) is 12.5. The van der Waals surface area contributed by atoms with E-state index < -0.39 is 11.7 Å². The van der Waals surface area contributed by atoms with E-state index in [1.165, 1.54) is 12.1 Å². The number of thiazole rings is 1. The third-order valence-corrected chi connectivity index (χ3v) is 3.24. The highest BCUT2D eigenvalue weighted by atomic mass is 32.1. The number of hydrogen-bond donors (Lipinski definition) is 0. The Morgan fingerprint density at radius 2 is 1.82 bits per heavy atom. The van der Waals surface area contributed by atoms with Gasteiger partial charge in [-0.05, 0) is 24.6 Å². The van der Waals surface area contributed by atoms with Gasteiger partial charge in [0.05, 0.1) is 10.6 Å². The predicted octanol–water partition coefficient (Wildman–Crippen LogP) is 4.06. The summed E-state index contributed by atoms with van der Waals surface area (Å²) in [4.78, 5) is 5.17. The van der Waals surface area contributed by atoms with Gasteiger partial charge in [0, 0.05) is 17.5 Å². The molecule has 0 saturated carbocycles. The molecule has 90 valence electrons. The van der Waals surface area contributed by atoms with Gasteiger partial charge in [-0.3, -0.25) is 0 Å². The smallest absolute Gasteiger partial charge is 0.250 e. The summed E-state index contributed by atoms with van der Waals surface area (Å²) in [6, 6.07) is 5.25. The summed E-state index contributed by atoms with van der Waals surface area (Å²) < 4.78 is 37.0. The third-order valence-electron chi connectivity index (χ3n) is 2.33. The molecule has 2 rings (SSSR count). The van der Waals surface area contributed by atoms with Crippen LogP contribution in [0, 0.1) is 6.92 Å². The van der Waals surface area contributed by atoms with Crippen molar-refractivity contribution in [1.82, 2.24) is 4.98 Å². The largest absolute Gasteiger partial charge is 0.416 e. The first-order chi connectivity index (χ1) is 7.95. The van der Waals surface area contributed by atoms with Crippen LogP contribution in [0.1, 0.15) is 21.0 Å². The van der Waals surface area contributed by atoms with Crippen LogP contribution in [0.15, 0.2) is 30.5 Å². The van der Waals surface area contributed by atoms with Gasteiger partial charge in [-0.2, -0.15) is 13.2 Å². The molecule has 1 nitrogen and oxygen atoms in total. The van der Waals surface area contributed by atoms with Crippen LogP contribution in [0.2, 0.25) is 0 Å². The van der Waals surface area contributed by atoms with Crippen molar-refractivity contribution in [3.05, 3.63) is 51.5 Å². The topological polar surface area (TPSA) is 12.9 Å². The Balaban J connectivity index is 2.13. The number of aromatic nitrogens is 1. The minimum atomic E-state index is -4.26. The van der Waals surface area contributed by atoms with Gasteiger partial charge in [0.1, 0.15) is 0 Å². The molecule has 17 heavy (non-hydrogen) atoms. The first-order valence-electron chi connectivity index (χ1n) is 5.02. The van der Waals surface area contributed by atoms with Gasteiger partial charge in [0.25, 0.3) is 0 Å².